The van der Waals surface area contributed by atoms with Crippen molar-refractivity contribution in [1.82, 2.24) is 0 Å². The van der Waals surface area contributed by atoms with E-state index < -0.39 is 18.3 Å². The quantitative estimate of drug-likeness (QED) is 0.127. The van der Waals surface area contributed by atoms with Gasteiger partial charge in [0.25, 0.3) is 0 Å². The normalized spacial score (nSPS) is 14.1. The molecule has 0 amide bonds. The van der Waals surface area contributed by atoms with Gasteiger partial charge in [0.2, 0.25) is 0 Å². The number of alkyl halides is 1. The van der Waals surface area contributed by atoms with Gasteiger partial charge in [-0.15, -0.1) is 0 Å². The molecule has 0 heterocycles. The topological polar surface area (TPSA) is 60.7 Å². The summed E-state index contributed by atoms with van der Waals surface area (Å²) in [5, 5.41) is 10.3. The molecule has 0 unspecified atom stereocenters. The van der Waals surface area contributed by atoms with Crippen LogP contribution in [0.5, 0.6) is 0 Å². The standard InChI is InChI=1S/C34H34BrNO4/c35-31(26-37-22-27-13-5-1-6-14-27)33(39-24-29-17-9-3-10-18-29)34(40-25-30-19-11-4-12-20-30)32(21-36)38-23-28-15-7-2-8-16-28/h1-20,31-34H,22-26H2/t31-,32-,33+,34+/m0/s1. The first-order valence-electron chi connectivity index (χ1n) is 13.3. The Labute approximate surface area is 245 Å². The molecule has 0 bridgehead atoms. The number of hydrogen-bond acceptors (Lipinski definition) is 5. The van der Waals surface area contributed by atoms with E-state index in [4.69, 9.17) is 18.9 Å². The minimum Gasteiger partial charge on any atom is -0.376 e. The Hall–Kier alpha value is -3.31. The molecule has 0 N–H and O–H groups in total. The fourth-order valence-corrected chi connectivity index (χ4v) is 4.86. The summed E-state index contributed by atoms with van der Waals surface area (Å²) in [6.45, 7) is 1.78. The molecular formula is C34H34BrNO4. The second-order valence-electron chi connectivity index (χ2n) is 9.39. The fraction of sp³-hybridized carbons (Fsp3) is 0.265. The molecule has 4 rings (SSSR count). The SMILES string of the molecule is N#C[C@H](OCc1ccccc1)[C@@H](OCc1ccccc1)[C@H](OCc1ccccc1)[C@@H](Br)COCc1ccccc1. The molecule has 0 radical (unpaired) electrons. The van der Waals surface area contributed by atoms with Crippen molar-refractivity contribution in [1.29, 1.82) is 5.26 Å². The highest BCUT2D eigenvalue weighted by Gasteiger charge is 2.37. The van der Waals surface area contributed by atoms with Crippen molar-refractivity contribution in [3.05, 3.63) is 144 Å². The maximum absolute atomic E-state index is 10.3. The van der Waals surface area contributed by atoms with E-state index in [1.165, 1.54) is 0 Å². The molecule has 0 fully saturated rings. The molecule has 0 saturated carbocycles. The second-order valence-corrected chi connectivity index (χ2v) is 10.6. The van der Waals surface area contributed by atoms with E-state index in [1.54, 1.807) is 0 Å². The van der Waals surface area contributed by atoms with Gasteiger partial charge in [-0.25, -0.2) is 0 Å². The monoisotopic (exact) mass is 599 g/mol. The summed E-state index contributed by atoms with van der Waals surface area (Å²) in [6.07, 6.45) is -2.11. The Morgan fingerprint density at radius 3 is 1.32 bits per heavy atom. The van der Waals surface area contributed by atoms with Crippen molar-refractivity contribution in [3.8, 4) is 6.07 Å². The highest BCUT2D eigenvalue weighted by atomic mass is 79.9. The molecule has 5 nitrogen and oxygen atoms in total. The minimum atomic E-state index is -0.876. The summed E-state index contributed by atoms with van der Waals surface area (Å²) in [4.78, 5) is -0.267. The predicted octanol–water partition coefficient (Wildman–Crippen LogP) is 7.25. The van der Waals surface area contributed by atoms with Crippen LogP contribution in [0.2, 0.25) is 0 Å². The number of nitriles is 1. The molecular weight excluding hydrogens is 566 g/mol. The van der Waals surface area contributed by atoms with Crippen LogP contribution < -0.4 is 0 Å². The van der Waals surface area contributed by atoms with Crippen LogP contribution in [0.25, 0.3) is 0 Å². The van der Waals surface area contributed by atoms with Crippen molar-refractivity contribution >= 4 is 15.9 Å². The minimum absolute atomic E-state index is 0.267. The molecule has 4 aromatic rings. The van der Waals surface area contributed by atoms with Gasteiger partial charge in [0, 0.05) is 0 Å². The smallest absolute Gasteiger partial charge is 0.172 e. The lowest BCUT2D eigenvalue weighted by Gasteiger charge is -2.33. The van der Waals surface area contributed by atoms with Gasteiger partial charge < -0.3 is 18.9 Å². The zero-order valence-electron chi connectivity index (χ0n) is 22.4. The molecule has 0 aromatic heterocycles. The number of halogens is 1. The maximum atomic E-state index is 10.3. The maximum Gasteiger partial charge on any atom is 0.172 e. The van der Waals surface area contributed by atoms with Gasteiger partial charge >= 0.3 is 0 Å². The van der Waals surface area contributed by atoms with Crippen LogP contribution in [-0.2, 0) is 45.4 Å². The van der Waals surface area contributed by atoms with Crippen molar-refractivity contribution in [2.45, 2.75) is 49.6 Å². The van der Waals surface area contributed by atoms with Crippen molar-refractivity contribution in [2.24, 2.45) is 0 Å². The molecule has 0 saturated heterocycles. The molecule has 0 aliphatic heterocycles. The van der Waals surface area contributed by atoms with Crippen LogP contribution in [0.4, 0.5) is 0 Å². The molecule has 206 valence electrons. The van der Waals surface area contributed by atoms with Crippen LogP contribution in [-0.4, -0.2) is 29.7 Å². The third kappa shape index (κ3) is 9.71. The average Bonchev–Trinajstić information content (AvgIpc) is 3.01. The van der Waals surface area contributed by atoms with E-state index >= 15 is 0 Å². The molecule has 0 aliphatic rings. The third-order valence-electron chi connectivity index (χ3n) is 6.34. The van der Waals surface area contributed by atoms with E-state index in [0.29, 0.717) is 26.4 Å². The van der Waals surface area contributed by atoms with E-state index in [9.17, 15) is 5.26 Å². The Morgan fingerprint density at radius 2 is 0.900 bits per heavy atom. The van der Waals surface area contributed by atoms with E-state index in [0.717, 1.165) is 22.3 Å². The van der Waals surface area contributed by atoms with Gasteiger partial charge in [0.15, 0.2) is 6.10 Å². The molecule has 4 aromatic carbocycles. The van der Waals surface area contributed by atoms with Gasteiger partial charge in [-0.2, -0.15) is 5.26 Å². The van der Waals surface area contributed by atoms with Crippen molar-refractivity contribution < 1.29 is 18.9 Å². The first kappa shape index (κ1) is 29.7. The number of ether oxygens (including phenoxy) is 4. The Bertz CT molecular complexity index is 1270. The molecule has 4 atom stereocenters. The highest BCUT2D eigenvalue weighted by molar-refractivity contribution is 9.09. The van der Waals surface area contributed by atoms with Gasteiger partial charge in [-0.05, 0) is 22.3 Å². The number of benzene rings is 4. The number of nitrogens with zero attached hydrogens (tertiary/aromatic N) is 1. The Kier molecular flexibility index (Phi) is 12.4. The lowest BCUT2D eigenvalue weighted by atomic mass is 10.0. The van der Waals surface area contributed by atoms with Gasteiger partial charge in [0.1, 0.15) is 12.2 Å². The third-order valence-corrected chi connectivity index (χ3v) is 7.12. The second kappa shape index (κ2) is 16.7. The van der Waals surface area contributed by atoms with Crippen LogP contribution in [0, 0.1) is 11.3 Å². The first-order chi connectivity index (χ1) is 19.7. The van der Waals surface area contributed by atoms with Crippen LogP contribution in [0.1, 0.15) is 22.3 Å². The summed E-state index contributed by atoms with van der Waals surface area (Å²) in [7, 11) is 0. The Morgan fingerprint density at radius 1 is 0.525 bits per heavy atom. The van der Waals surface area contributed by atoms with Crippen molar-refractivity contribution in [2.75, 3.05) is 6.61 Å². The predicted molar refractivity (Wildman–Crippen MR) is 159 cm³/mol. The fourth-order valence-electron chi connectivity index (χ4n) is 4.22. The van der Waals surface area contributed by atoms with E-state index in [-0.39, 0.29) is 11.4 Å². The molecule has 0 spiro atoms. The Balaban J connectivity index is 1.53. The average molecular weight is 601 g/mol. The number of hydrogen-bond donors (Lipinski definition) is 0. The van der Waals surface area contributed by atoms with Crippen LogP contribution >= 0.6 is 15.9 Å². The van der Waals surface area contributed by atoms with E-state index in [1.807, 2.05) is 121 Å². The summed E-state index contributed by atoms with van der Waals surface area (Å²) in [5.74, 6) is 0. The lowest BCUT2D eigenvalue weighted by molar-refractivity contribution is -0.139. The zero-order valence-corrected chi connectivity index (χ0v) is 23.9. The number of rotatable bonds is 16. The molecule has 0 aliphatic carbocycles. The zero-order chi connectivity index (χ0) is 27.8. The van der Waals surface area contributed by atoms with Gasteiger partial charge in [-0.3, -0.25) is 0 Å². The summed E-state index contributed by atoms with van der Waals surface area (Å²) >= 11 is 3.82. The van der Waals surface area contributed by atoms with Crippen LogP contribution in [0.15, 0.2) is 121 Å². The van der Waals surface area contributed by atoms with Gasteiger partial charge in [0.05, 0.1) is 43.9 Å². The van der Waals surface area contributed by atoms with E-state index in [2.05, 4.69) is 22.0 Å². The molecule has 6 heteroatoms. The summed E-state index contributed by atoms with van der Waals surface area (Å²) in [5.41, 5.74) is 4.09. The van der Waals surface area contributed by atoms with Crippen LogP contribution in [0.3, 0.4) is 0 Å². The summed E-state index contributed by atoms with van der Waals surface area (Å²) < 4.78 is 25.2. The largest absolute Gasteiger partial charge is 0.376 e. The first-order valence-corrected chi connectivity index (χ1v) is 14.3. The van der Waals surface area contributed by atoms with Gasteiger partial charge in [-0.1, -0.05) is 137 Å². The lowest BCUT2D eigenvalue weighted by Crippen LogP contribution is -2.47. The summed E-state index contributed by atoms with van der Waals surface area (Å²) in [6, 6.07) is 42.0. The van der Waals surface area contributed by atoms with Crippen molar-refractivity contribution in [3.63, 3.8) is 0 Å². The molecule has 40 heavy (non-hydrogen) atoms. The highest BCUT2D eigenvalue weighted by Crippen LogP contribution is 2.24.